The molecule has 0 atom stereocenters. The number of hydrogen-bond acceptors (Lipinski definition) is 3. The minimum absolute atomic E-state index is 0.211. The number of aromatic amines is 1. The zero-order valence-electron chi connectivity index (χ0n) is 17.8. The first-order valence-corrected chi connectivity index (χ1v) is 10.7. The number of amides is 1. The molecule has 154 valence electrons. The summed E-state index contributed by atoms with van der Waals surface area (Å²) in [6.07, 6.45) is 4.32. The summed E-state index contributed by atoms with van der Waals surface area (Å²) in [4.78, 5) is 18.6. The fourth-order valence-corrected chi connectivity index (χ4v) is 4.85. The molecule has 0 spiro atoms. The van der Waals surface area contributed by atoms with Gasteiger partial charge < -0.3 is 9.88 Å². The van der Waals surface area contributed by atoms with Gasteiger partial charge in [0.2, 0.25) is 5.91 Å². The molecule has 0 aliphatic carbocycles. The number of rotatable bonds is 3. The highest BCUT2D eigenvalue weighted by molar-refractivity contribution is 5.92. The van der Waals surface area contributed by atoms with Gasteiger partial charge in [-0.2, -0.15) is 0 Å². The summed E-state index contributed by atoms with van der Waals surface area (Å²) in [5.41, 5.74) is 6.72. The summed E-state index contributed by atoms with van der Waals surface area (Å²) in [6.45, 7) is 7.84. The van der Waals surface area contributed by atoms with Crippen molar-refractivity contribution in [2.75, 3.05) is 13.1 Å². The molecule has 4 heterocycles. The number of pyridine rings is 1. The Balaban J connectivity index is 1.31. The summed E-state index contributed by atoms with van der Waals surface area (Å²) in [6, 6.07) is 10.3. The zero-order chi connectivity index (χ0) is 20.8. The van der Waals surface area contributed by atoms with E-state index in [9.17, 15) is 4.79 Å². The van der Waals surface area contributed by atoms with Crippen molar-refractivity contribution in [1.82, 2.24) is 24.5 Å². The minimum Gasteiger partial charge on any atom is -0.358 e. The van der Waals surface area contributed by atoms with Crippen molar-refractivity contribution in [3.8, 4) is 0 Å². The van der Waals surface area contributed by atoms with Gasteiger partial charge in [-0.05, 0) is 62.9 Å². The SMILES string of the molecule is Cc1cc(C)c2[nH]c(C)c(CC(=O)N3CCC(c4nnc5ccccn45)CC3)c2c1. The quantitative estimate of drug-likeness (QED) is 0.562. The van der Waals surface area contributed by atoms with Crippen LogP contribution in [0.5, 0.6) is 0 Å². The number of nitrogens with one attached hydrogen (secondary N) is 1. The van der Waals surface area contributed by atoms with E-state index in [2.05, 4.69) is 52.5 Å². The van der Waals surface area contributed by atoms with Gasteiger partial charge in [-0.1, -0.05) is 17.7 Å². The predicted octanol–water partition coefficient (Wildman–Crippen LogP) is 4.08. The maximum Gasteiger partial charge on any atom is 0.227 e. The lowest BCUT2D eigenvalue weighted by Gasteiger charge is -2.31. The first-order chi connectivity index (χ1) is 14.5. The van der Waals surface area contributed by atoms with Crippen molar-refractivity contribution < 1.29 is 4.79 Å². The fraction of sp³-hybridized carbons (Fsp3) is 0.375. The van der Waals surface area contributed by atoms with Crippen molar-refractivity contribution >= 4 is 22.5 Å². The summed E-state index contributed by atoms with van der Waals surface area (Å²) in [5.74, 6) is 1.56. The molecule has 1 amide bonds. The molecule has 4 aromatic rings. The van der Waals surface area contributed by atoms with Crippen LogP contribution in [-0.4, -0.2) is 43.5 Å². The average Bonchev–Trinajstić information content (AvgIpc) is 3.30. The molecule has 5 rings (SSSR count). The van der Waals surface area contributed by atoms with Crippen LogP contribution in [0.15, 0.2) is 36.5 Å². The largest absolute Gasteiger partial charge is 0.358 e. The minimum atomic E-state index is 0.211. The van der Waals surface area contributed by atoms with Crippen LogP contribution in [0.2, 0.25) is 0 Å². The summed E-state index contributed by atoms with van der Waals surface area (Å²) < 4.78 is 2.07. The van der Waals surface area contributed by atoms with E-state index in [-0.39, 0.29) is 5.91 Å². The van der Waals surface area contributed by atoms with E-state index in [0.29, 0.717) is 12.3 Å². The van der Waals surface area contributed by atoms with Gasteiger partial charge in [0.15, 0.2) is 5.65 Å². The molecule has 6 nitrogen and oxygen atoms in total. The third-order valence-corrected chi connectivity index (χ3v) is 6.45. The van der Waals surface area contributed by atoms with E-state index < -0.39 is 0 Å². The Hall–Kier alpha value is -3.15. The molecule has 1 aliphatic rings. The Morgan fingerprint density at radius 1 is 1.13 bits per heavy atom. The van der Waals surface area contributed by atoms with Gasteiger partial charge >= 0.3 is 0 Å². The van der Waals surface area contributed by atoms with Crippen LogP contribution in [0.3, 0.4) is 0 Å². The number of aromatic nitrogens is 4. The third-order valence-electron chi connectivity index (χ3n) is 6.45. The molecule has 1 aromatic carbocycles. The highest BCUT2D eigenvalue weighted by Crippen LogP contribution is 2.30. The van der Waals surface area contributed by atoms with E-state index in [1.807, 2.05) is 29.3 Å². The maximum absolute atomic E-state index is 13.1. The Kier molecular flexibility index (Phi) is 4.57. The lowest BCUT2D eigenvalue weighted by Crippen LogP contribution is -2.39. The van der Waals surface area contributed by atoms with E-state index in [4.69, 9.17) is 0 Å². The van der Waals surface area contributed by atoms with E-state index in [1.165, 1.54) is 16.5 Å². The highest BCUT2D eigenvalue weighted by atomic mass is 16.2. The normalized spacial score (nSPS) is 15.4. The summed E-state index contributed by atoms with van der Waals surface area (Å²) in [5, 5.41) is 9.88. The second kappa shape index (κ2) is 7.27. The molecule has 3 aromatic heterocycles. The summed E-state index contributed by atoms with van der Waals surface area (Å²) in [7, 11) is 0. The van der Waals surface area contributed by atoms with Crippen molar-refractivity contribution in [2.24, 2.45) is 0 Å². The molecule has 30 heavy (non-hydrogen) atoms. The number of likely N-dealkylation sites (tertiary alicyclic amines) is 1. The van der Waals surface area contributed by atoms with Gasteiger partial charge in [0.1, 0.15) is 5.82 Å². The van der Waals surface area contributed by atoms with Crippen molar-refractivity contribution in [1.29, 1.82) is 0 Å². The second-order valence-corrected chi connectivity index (χ2v) is 8.55. The number of nitrogens with zero attached hydrogens (tertiary/aromatic N) is 4. The number of hydrogen-bond donors (Lipinski definition) is 1. The molecule has 1 N–H and O–H groups in total. The number of benzene rings is 1. The van der Waals surface area contributed by atoms with Crippen molar-refractivity contribution in [2.45, 2.75) is 46.0 Å². The molecular formula is C24H27N5O. The monoisotopic (exact) mass is 401 g/mol. The van der Waals surface area contributed by atoms with E-state index in [0.717, 1.165) is 54.2 Å². The van der Waals surface area contributed by atoms with Gasteiger partial charge in [0.05, 0.1) is 6.42 Å². The first kappa shape index (κ1) is 18.9. The predicted molar refractivity (Wildman–Crippen MR) is 118 cm³/mol. The molecule has 0 saturated carbocycles. The lowest BCUT2D eigenvalue weighted by atomic mass is 9.95. The molecule has 0 unspecified atom stereocenters. The number of carbonyl (C=O) groups is 1. The van der Waals surface area contributed by atoms with Gasteiger partial charge in [0, 0.05) is 41.8 Å². The van der Waals surface area contributed by atoms with Crippen molar-refractivity contribution in [3.05, 3.63) is 64.7 Å². The number of piperidine rings is 1. The van der Waals surface area contributed by atoms with Gasteiger partial charge in [0.25, 0.3) is 0 Å². The third kappa shape index (κ3) is 3.16. The molecule has 0 radical (unpaired) electrons. The molecule has 0 bridgehead atoms. The van der Waals surface area contributed by atoms with Crippen LogP contribution in [0.25, 0.3) is 16.6 Å². The molecule has 6 heteroatoms. The molecular weight excluding hydrogens is 374 g/mol. The van der Waals surface area contributed by atoms with Gasteiger partial charge in [-0.15, -0.1) is 10.2 Å². The van der Waals surface area contributed by atoms with E-state index in [1.54, 1.807) is 0 Å². The van der Waals surface area contributed by atoms with Crippen LogP contribution in [0, 0.1) is 20.8 Å². The second-order valence-electron chi connectivity index (χ2n) is 8.55. The smallest absolute Gasteiger partial charge is 0.227 e. The van der Waals surface area contributed by atoms with Crippen LogP contribution in [0.1, 0.15) is 47.0 Å². The summed E-state index contributed by atoms with van der Waals surface area (Å²) >= 11 is 0. The number of carbonyl (C=O) groups excluding carboxylic acids is 1. The Bertz CT molecular complexity index is 1240. The zero-order valence-corrected chi connectivity index (χ0v) is 17.8. The molecule has 1 saturated heterocycles. The van der Waals surface area contributed by atoms with Crippen LogP contribution in [0.4, 0.5) is 0 Å². The topological polar surface area (TPSA) is 66.3 Å². The molecule has 1 aliphatic heterocycles. The highest BCUT2D eigenvalue weighted by Gasteiger charge is 2.27. The van der Waals surface area contributed by atoms with Crippen LogP contribution in [-0.2, 0) is 11.2 Å². The number of fused-ring (bicyclic) bond motifs is 2. The van der Waals surface area contributed by atoms with Gasteiger partial charge in [-0.25, -0.2) is 0 Å². The number of aryl methyl sites for hydroxylation is 3. The van der Waals surface area contributed by atoms with Crippen molar-refractivity contribution in [3.63, 3.8) is 0 Å². The average molecular weight is 402 g/mol. The Labute approximate surface area is 175 Å². The Morgan fingerprint density at radius 2 is 1.93 bits per heavy atom. The standard InChI is InChI=1S/C24H27N5O/c1-15-12-16(2)23-20(13-15)19(17(3)25-23)14-22(30)28-10-7-18(8-11-28)24-27-26-21-6-4-5-9-29(21)24/h4-6,9,12-13,18,25H,7-8,10-11,14H2,1-3H3. The van der Waals surface area contributed by atoms with Crippen LogP contribution >= 0.6 is 0 Å². The number of H-pyrrole nitrogens is 1. The Morgan fingerprint density at radius 3 is 2.73 bits per heavy atom. The first-order valence-electron chi connectivity index (χ1n) is 10.7. The fourth-order valence-electron chi connectivity index (χ4n) is 4.85. The van der Waals surface area contributed by atoms with Gasteiger partial charge in [-0.3, -0.25) is 9.20 Å². The maximum atomic E-state index is 13.1. The van der Waals surface area contributed by atoms with Crippen LogP contribution < -0.4 is 0 Å². The van der Waals surface area contributed by atoms with E-state index >= 15 is 0 Å². The molecule has 1 fully saturated rings. The lowest BCUT2D eigenvalue weighted by molar-refractivity contribution is -0.131.